The zero-order chi connectivity index (χ0) is 30.7. The SMILES string of the molecule is CC(C)(C)OC(=O)N1CCO[C@H](COc2cnccc2-c2[nH]c3c(c2Nc2cccc(F)c2CC(F)F)C(=O)NCC3)C1. The van der Waals surface area contributed by atoms with E-state index in [4.69, 9.17) is 14.2 Å². The van der Waals surface area contributed by atoms with E-state index in [1.807, 2.05) is 0 Å². The molecule has 4 heterocycles. The number of morpholine rings is 1. The van der Waals surface area contributed by atoms with Gasteiger partial charge in [0, 0.05) is 54.6 Å². The zero-order valence-corrected chi connectivity index (χ0v) is 24.1. The van der Waals surface area contributed by atoms with Gasteiger partial charge in [-0.2, -0.15) is 0 Å². The number of rotatable bonds is 8. The highest BCUT2D eigenvalue weighted by molar-refractivity contribution is 6.06. The molecule has 3 aromatic rings. The molecular weight excluding hydrogens is 567 g/mol. The van der Waals surface area contributed by atoms with Gasteiger partial charge in [0.25, 0.3) is 5.91 Å². The summed E-state index contributed by atoms with van der Waals surface area (Å²) in [5.41, 5.74) is 1.53. The third kappa shape index (κ3) is 7.04. The molecule has 0 unspecified atom stereocenters. The molecule has 5 rings (SSSR count). The van der Waals surface area contributed by atoms with Crippen LogP contribution in [0.5, 0.6) is 5.75 Å². The van der Waals surface area contributed by atoms with Crippen LogP contribution >= 0.6 is 0 Å². The largest absolute Gasteiger partial charge is 0.488 e. The van der Waals surface area contributed by atoms with E-state index in [0.717, 1.165) is 6.07 Å². The average molecular weight is 602 g/mol. The number of nitrogens with one attached hydrogen (secondary N) is 3. The van der Waals surface area contributed by atoms with Crippen molar-refractivity contribution in [1.29, 1.82) is 0 Å². The lowest BCUT2D eigenvalue weighted by Crippen LogP contribution is -2.49. The molecule has 0 spiro atoms. The number of anilines is 2. The number of halogens is 3. The molecule has 10 nitrogen and oxygen atoms in total. The van der Waals surface area contributed by atoms with Crippen LogP contribution in [0.15, 0.2) is 36.7 Å². The van der Waals surface area contributed by atoms with E-state index in [0.29, 0.717) is 60.1 Å². The van der Waals surface area contributed by atoms with Gasteiger partial charge in [0.1, 0.15) is 29.9 Å². The number of carbonyl (C=O) groups is 2. The maximum atomic E-state index is 14.6. The smallest absolute Gasteiger partial charge is 0.410 e. The topological polar surface area (TPSA) is 118 Å². The maximum absolute atomic E-state index is 14.6. The summed E-state index contributed by atoms with van der Waals surface area (Å²) in [4.78, 5) is 34.6. The van der Waals surface area contributed by atoms with E-state index in [2.05, 4.69) is 20.6 Å². The summed E-state index contributed by atoms with van der Waals surface area (Å²) in [6.07, 6.45) is -0.880. The number of fused-ring (bicyclic) bond motifs is 1. The number of aromatic amines is 1. The van der Waals surface area contributed by atoms with Crippen molar-refractivity contribution < 1.29 is 37.0 Å². The molecule has 2 aromatic heterocycles. The van der Waals surface area contributed by atoms with E-state index in [-0.39, 0.29) is 30.3 Å². The van der Waals surface area contributed by atoms with Crippen molar-refractivity contribution in [2.75, 3.05) is 38.2 Å². The van der Waals surface area contributed by atoms with E-state index < -0.39 is 36.5 Å². The van der Waals surface area contributed by atoms with Crippen LogP contribution in [0.3, 0.4) is 0 Å². The number of aromatic nitrogens is 2. The first-order valence-electron chi connectivity index (χ1n) is 14.0. The Morgan fingerprint density at radius 2 is 2.09 bits per heavy atom. The standard InChI is InChI=1S/C30H34F3N5O5/c1-30(2,3)43-29(40)38-11-12-41-17(15-38)16-42-23-14-34-9-7-18(23)26-27(25-22(37-26)8-10-35-28(25)39)36-21-6-4-5-20(31)19(21)13-24(32)33/h4-7,9,14,17,24,36-37H,8,10-13,15-16H2,1-3H3,(H,35,39)/t17-/m0/s1. The van der Waals surface area contributed by atoms with Crippen LogP contribution in [0.4, 0.5) is 29.3 Å². The summed E-state index contributed by atoms with van der Waals surface area (Å²) < 4.78 is 58.8. The van der Waals surface area contributed by atoms with Crippen molar-refractivity contribution >= 4 is 23.4 Å². The Morgan fingerprint density at radius 1 is 1.28 bits per heavy atom. The second-order valence-corrected chi connectivity index (χ2v) is 11.3. The molecule has 0 bridgehead atoms. The van der Waals surface area contributed by atoms with Gasteiger partial charge in [-0.25, -0.2) is 18.0 Å². The Balaban J connectivity index is 1.43. The Labute approximate surface area is 246 Å². The van der Waals surface area contributed by atoms with Crippen molar-refractivity contribution in [2.45, 2.75) is 51.7 Å². The Bertz CT molecular complexity index is 1490. The fraction of sp³-hybridized carbons (Fsp3) is 0.433. The number of alkyl halides is 2. The molecule has 43 heavy (non-hydrogen) atoms. The Hall–Kier alpha value is -4.26. The molecule has 0 aliphatic carbocycles. The zero-order valence-electron chi connectivity index (χ0n) is 24.1. The summed E-state index contributed by atoms with van der Waals surface area (Å²) >= 11 is 0. The van der Waals surface area contributed by atoms with Crippen LogP contribution in [0.1, 0.15) is 42.4 Å². The fourth-order valence-electron chi connectivity index (χ4n) is 5.08. The monoisotopic (exact) mass is 601 g/mol. The highest BCUT2D eigenvalue weighted by atomic mass is 19.3. The number of H-pyrrole nitrogens is 1. The quantitative estimate of drug-likeness (QED) is 0.330. The summed E-state index contributed by atoms with van der Waals surface area (Å²) in [5, 5.41) is 5.87. The Kier molecular flexibility index (Phi) is 8.81. The highest BCUT2D eigenvalue weighted by Gasteiger charge is 2.31. The normalized spacial score (nSPS) is 17.0. The molecule has 2 aliphatic rings. The molecule has 3 N–H and O–H groups in total. The van der Waals surface area contributed by atoms with Crippen LogP contribution in [-0.4, -0.2) is 77.8 Å². The molecule has 1 aromatic carbocycles. The number of nitrogens with zero attached hydrogens (tertiary/aromatic N) is 2. The van der Waals surface area contributed by atoms with Gasteiger partial charge in [0.05, 0.1) is 36.3 Å². The number of hydrogen-bond acceptors (Lipinski definition) is 7. The van der Waals surface area contributed by atoms with Crippen molar-refractivity contribution in [1.82, 2.24) is 20.2 Å². The molecule has 2 aliphatic heterocycles. The molecule has 230 valence electrons. The lowest BCUT2D eigenvalue weighted by atomic mass is 10.0. The number of amides is 2. The molecule has 2 amide bonds. The minimum absolute atomic E-state index is 0.0874. The number of carbonyl (C=O) groups excluding carboxylic acids is 2. The summed E-state index contributed by atoms with van der Waals surface area (Å²) in [6, 6.07) is 5.72. The lowest BCUT2D eigenvalue weighted by Gasteiger charge is -2.34. The summed E-state index contributed by atoms with van der Waals surface area (Å²) in [7, 11) is 0. The first-order valence-corrected chi connectivity index (χ1v) is 14.0. The van der Waals surface area contributed by atoms with Crippen LogP contribution in [0.25, 0.3) is 11.3 Å². The molecule has 1 saturated heterocycles. The summed E-state index contributed by atoms with van der Waals surface area (Å²) in [5.74, 6) is -0.774. The van der Waals surface area contributed by atoms with Crippen molar-refractivity contribution in [2.24, 2.45) is 0 Å². The van der Waals surface area contributed by atoms with Gasteiger partial charge in [-0.3, -0.25) is 9.78 Å². The predicted molar refractivity (Wildman–Crippen MR) is 152 cm³/mol. The van der Waals surface area contributed by atoms with E-state index in [1.165, 1.54) is 18.3 Å². The van der Waals surface area contributed by atoms with Gasteiger partial charge in [0.15, 0.2) is 0 Å². The molecular formula is C30H34F3N5O5. The fourth-order valence-corrected chi connectivity index (χ4v) is 5.08. The van der Waals surface area contributed by atoms with Gasteiger partial charge in [-0.05, 0) is 39.0 Å². The van der Waals surface area contributed by atoms with Crippen molar-refractivity contribution in [3.8, 4) is 17.0 Å². The molecule has 0 saturated carbocycles. The molecule has 13 heteroatoms. The van der Waals surface area contributed by atoms with E-state index in [9.17, 15) is 22.8 Å². The van der Waals surface area contributed by atoms with Gasteiger partial charge < -0.3 is 34.7 Å². The second-order valence-electron chi connectivity index (χ2n) is 11.3. The second kappa shape index (κ2) is 12.5. The first-order chi connectivity index (χ1) is 20.5. The molecule has 1 atom stereocenters. The van der Waals surface area contributed by atoms with Crippen LogP contribution < -0.4 is 15.4 Å². The predicted octanol–water partition coefficient (Wildman–Crippen LogP) is 5.07. The minimum atomic E-state index is -2.77. The van der Waals surface area contributed by atoms with E-state index >= 15 is 0 Å². The van der Waals surface area contributed by atoms with E-state index in [1.54, 1.807) is 37.9 Å². The molecule has 1 fully saturated rings. The first kappa shape index (κ1) is 30.2. The molecule has 0 radical (unpaired) electrons. The number of benzene rings is 1. The van der Waals surface area contributed by atoms with Crippen LogP contribution in [0, 0.1) is 5.82 Å². The third-order valence-corrected chi connectivity index (χ3v) is 6.97. The Morgan fingerprint density at radius 3 is 2.86 bits per heavy atom. The summed E-state index contributed by atoms with van der Waals surface area (Å²) in [6.45, 7) is 6.87. The van der Waals surface area contributed by atoms with Crippen LogP contribution in [-0.2, 0) is 22.3 Å². The van der Waals surface area contributed by atoms with Crippen LogP contribution in [0.2, 0.25) is 0 Å². The maximum Gasteiger partial charge on any atom is 0.410 e. The van der Waals surface area contributed by atoms with Gasteiger partial charge in [0.2, 0.25) is 6.43 Å². The van der Waals surface area contributed by atoms with Crippen molar-refractivity contribution in [3.63, 3.8) is 0 Å². The third-order valence-electron chi connectivity index (χ3n) is 6.97. The number of hydrogen-bond donors (Lipinski definition) is 3. The lowest BCUT2D eigenvalue weighted by molar-refractivity contribution is -0.0556. The number of ether oxygens (including phenoxy) is 3. The average Bonchev–Trinajstić information content (AvgIpc) is 3.32. The number of pyridine rings is 1. The van der Waals surface area contributed by atoms with Gasteiger partial charge in [-0.1, -0.05) is 6.07 Å². The minimum Gasteiger partial charge on any atom is -0.488 e. The van der Waals surface area contributed by atoms with Gasteiger partial charge >= 0.3 is 6.09 Å². The van der Waals surface area contributed by atoms with Gasteiger partial charge in [-0.15, -0.1) is 0 Å². The highest BCUT2D eigenvalue weighted by Crippen LogP contribution is 2.41. The van der Waals surface area contributed by atoms with Crippen molar-refractivity contribution in [3.05, 3.63) is 59.3 Å².